The van der Waals surface area contributed by atoms with Gasteiger partial charge in [-0.25, -0.2) is 0 Å². The molecule has 2 N–H and O–H groups in total. The van der Waals surface area contributed by atoms with Crippen LogP contribution in [0.3, 0.4) is 0 Å². The monoisotopic (exact) mass is 257 g/mol. The predicted molar refractivity (Wildman–Crippen MR) is 72.6 cm³/mol. The molecule has 4 heteroatoms. The van der Waals surface area contributed by atoms with Gasteiger partial charge >= 0.3 is 0 Å². The Morgan fingerprint density at radius 2 is 2.11 bits per heavy atom. The summed E-state index contributed by atoms with van der Waals surface area (Å²) in [6.45, 7) is 2.10. The van der Waals surface area contributed by atoms with E-state index in [1.165, 1.54) is 11.1 Å². The van der Waals surface area contributed by atoms with Crippen LogP contribution in [0, 0.1) is 0 Å². The number of hydrogen-bond acceptors (Lipinski definition) is 4. The van der Waals surface area contributed by atoms with E-state index in [0.29, 0.717) is 11.7 Å². The molecule has 1 atom stereocenters. The van der Waals surface area contributed by atoms with Crippen molar-refractivity contribution in [3.63, 3.8) is 0 Å². The molecule has 0 radical (unpaired) electrons. The van der Waals surface area contributed by atoms with Crippen LogP contribution < -0.4 is 5.73 Å². The van der Waals surface area contributed by atoms with Crippen LogP contribution in [0.5, 0.6) is 0 Å². The van der Waals surface area contributed by atoms with Gasteiger partial charge in [-0.3, -0.25) is 0 Å². The Balaban J connectivity index is 1.88. The van der Waals surface area contributed by atoms with Crippen LogP contribution in [0.15, 0.2) is 28.8 Å². The smallest absolute Gasteiger partial charge is 0.226 e. The van der Waals surface area contributed by atoms with Gasteiger partial charge in [-0.1, -0.05) is 36.3 Å². The first-order valence-corrected chi connectivity index (χ1v) is 6.90. The summed E-state index contributed by atoms with van der Waals surface area (Å²) in [6.07, 6.45) is 4.45. The van der Waals surface area contributed by atoms with E-state index in [-0.39, 0.29) is 0 Å². The fourth-order valence-corrected chi connectivity index (χ4v) is 2.72. The van der Waals surface area contributed by atoms with Gasteiger partial charge in [0, 0.05) is 6.42 Å². The minimum Gasteiger partial charge on any atom is -0.339 e. The van der Waals surface area contributed by atoms with E-state index in [0.717, 1.165) is 32.1 Å². The van der Waals surface area contributed by atoms with Gasteiger partial charge in [0.05, 0.1) is 5.54 Å². The highest BCUT2D eigenvalue weighted by Gasteiger charge is 2.36. The molecule has 1 aromatic heterocycles. The number of aromatic nitrogens is 2. The molecule has 0 saturated carbocycles. The van der Waals surface area contributed by atoms with Gasteiger partial charge in [0.2, 0.25) is 5.89 Å². The third kappa shape index (κ3) is 2.28. The summed E-state index contributed by atoms with van der Waals surface area (Å²) < 4.78 is 5.27. The zero-order valence-electron chi connectivity index (χ0n) is 11.2. The maximum atomic E-state index is 6.52. The molecule has 2 aromatic rings. The van der Waals surface area contributed by atoms with Crippen LogP contribution in [0.25, 0.3) is 0 Å². The number of nitrogens with two attached hydrogens (primary N) is 1. The summed E-state index contributed by atoms with van der Waals surface area (Å²) in [6, 6.07) is 8.45. The third-order valence-corrected chi connectivity index (χ3v) is 3.84. The second-order valence-corrected chi connectivity index (χ2v) is 5.36. The zero-order chi connectivity index (χ0) is 13.3. The Kier molecular flexibility index (Phi) is 3.11. The van der Waals surface area contributed by atoms with Crippen LogP contribution in [0.2, 0.25) is 0 Å². The van der Waals surface area contributed by atoms with Crippen molar-refractivity contribution >= 4 is 0 Å². The van der Waals surface area contributed by atoms with E-state index >= 15 is 0 Å². The van der Waals surface area contributed by atoms with Crippen molar-refractivity contribution in [1.29, 1.82) is 0 Å². The number of aryl methyl sites for hydroxylation is 2. The lowest BCUT2D eigenvalue weighted by molar-refractivity contribution is 0.324. The lowest BCUT2D eigenvalue weighted by atomic mass is 9.78. The van der Waals surface area contributed by atoms with Crippen molar-refractivity contribution in [2.24, 2.45) is 5.73 Å². The molecule has 0 amide bonds. The molecule has 19 heavy (non-hydrogen) atoms. The summed E-state index contributed by atoms with van der Waals surface area (Å²) in [7, 11) is 0. The zero-order valence-corrected chi connectivity index (χ0v) is 11.2. The van der Waals surface area contributed by atoms with Gasteiger partial charge in [0.1, 0.15) is 0 Å². The molecule has 1 unspecified atom stereocenters. The van der Waals surface area contributed by atoms with Gasteiger partial charge in [-0.2, -0.15) is 4.98 Å². The Labute approximate surface area is 113 Å². The standard InChI is InChI=1S/C15H19N3O/c1-2-5-13-17-14(18-19-13)15(16)9-8-11-6-3-4-7-12(11)10-15/h3-4,6-7H,2,5,8-10,16H2,1H3. The second kappa shape index (κ2) is 4.78. The minimum absolute atomic E-state index is 0.482. The molecule has 0 spiro atoms. The van der Waals surface area contributed by atoms with Gasteiger partial charge in [-0.15, -0.1) is 0 Å². The average molecular weight is 257 g/mol. The van der Waals surface area contributed by atoms with Crippen LogP contribution in [-0.2, 0) is 24.8 Å². The van der Waals surface area contributed by atoms with E-state index in [2.05, 4.69) is 41.3 Å². The van der Waals surface area contributed by atoms with Crippen molar-refractivity contribution in [1.82, 2.24) is 10.1 Å². The Bertz CT molecular complexity index is 578. The van der Waals surface area contributed by atoms with E-state index in [1.54, 1.807) is 0 Å². The molecule has 1 heterocycles. The topological polar surface area (TPSA) is 64.9 Å². The molecule has 1 aromatic carbocycles. The highest BCUT2D eigenvalue weighted by atomic mass is 16.5. The summed E-state index contributed by atoms with van der Waals surface area (Å²) in [5.41, 5.74) is 8.73. The number of fused-ring (bicyclic) bond motifs is 1. The quantitative estimate of drug-likeness (QED) is 0.916. The van der Waals surface area contributed by atoms with E-state index in [1.807, 2.05) is 0 Å². The van der Waals surface area contributed by atoms with Crippen molar-refractivity contribution in [3.8, 4) is 0 Å². The summed E-state index contributed by atoms with van der Waals surface area (Å²) in [5.74, 6) is 1.35. The first-order chi connectivity index (χ1) is 9.21. The summed E-state index contributed by atoms with van der Waals surface area (Å²) in [5, 5.41) is 4.09. The normalized spacial score (nSPS) is 22.2. The second-order valence-electron chi connectivity index (χ2n) is 5.36. The number of nitrogens with zero attached hydrogens (tertiary/aromatic N) is 2. The van der Waals surface area contributed by atoms with Gasteiger partial charge in [-0.05, 0) is 36.8 Å². The highest BCUT2D eigenvalue weighted by molar-refractivity contribution is 5.33. The van der Waals surface area contributed by atoms with Crippen molar-refractivity contribution in [3.05, 3.63) is 47.1 Å². The van der Waals surface area contributed by atoms with E-state index < -0.39 is 5.54 Å². The molecule has 0 saturated heterocycles. The fraction of sp³-hybridized carbons (Fsp3) is 0.467. The first kappa shape index (κ1) is 12.4. The molecule has 4 nitrogen and oxygen atoms in total. The van der Waals surface area contributed by atoms with Crippen molar-refractivity contribution in [2.45, 2.75) is 44.6 Å². The summed E-state index contributed by atoms with van der Waals surface area (Å²) >= 11 is 0. The third-order valence-electron chi connectivity index (χ3n) is 3.84. The number of rotatable bonds is 3. The molecular weight excluding hydrogens is 238 g/mol. The SMILES string of the molecule is CCCc1nc(C2(N)CCc3ccccc3C2)no1. The highest BCUT2D eigenvalue weighted by Crippen LogP contribution is 2.32. The molecular formula is C15H19N3O. The molecule has 100 valence electrons. The largest absolute Gasteiger partial charge is 0.339 e. The Morgan fingerprint density at radius 1 is 1.32 bits per heavy atom. The van der Waals surface area contributed by atoms with Crippen LogP contribution >= 0.6 is 0 Å². The molecule has 0 fully saturated rings. The summed E-state index contributed by atoms with van der Waals surface area (Å²) in [4.78, 5) is 4.47. The number of benzene rings is 1. The minimum atomic E-state index is -0.482. The van der Waals surface area contributed by atoms with E-state index in [4.69, 9.17) is 10.3 Å². The van der Waals surface area contributed by atoms with Gasteiger partial charge < -0.3 is 10.3 Å². The predicted octanol–water partition coefficient (Wildman–Crippen LogP) is 2.37. The van der Waals surface area contributed by atoms with E-state index in [9.17, 15) is 0 Å². The van der Waals surface area contributed by atoms with Crippen LogP contribution in [-0.4, -0.2) is 10.1 Å². The van der Waals surface area contributed by atoms with Crippen molar-refractivity contribution < 1.29 is 4.52 Å². The Morgan fingerprint density at radius 3 is 2.89 bits per heavy atom. The molecule has 1 aliphatic carbocycles. The molecule has 0 aliphatic heterocycles. The van der Waals surface area contributed by atoms with Gasteiger partial charge in [0.15, 0.2) is 5.82 Å². The Hall–Kier alpha value is -1.68. The maximum Gasteiger partial charge on any atom is 0.226 e. The molecule has 3 rings (SSSR count). The van der Waals surface area contributed by atoms with Crippen molar-refractivity contribution in [2.75, 3.05) is 0 Å². The number of hydrogen-bond donors (Lipinski definition) is 1. The van der Waals surface area contributed by atoms with Gasteiger partial charge in [0.25, 0.3) is 0 Å². The lowest BCUT2D eigenvalue weighted by Gasteiger charge is -2.31. The fourth-order valence-electron chi connectivity index (χ4n) is 2.72. The first-order valence-electron chi connectivity index (χ1n) is 6.90. The van der Waals surface area contributed by atoms with Crippen LogP contribution in [0.4, 0.5) is 0 Å². The van der Waals surface area contributed by atoms with Crippen LogP contribution in [0.1, 0.15) is 42.6 Å². The average Bonchev–Trinajstić information content (AvgIpc) is 2.88. The maximum absolute atomic E-state index is 6.52. The molecule has 0 bridgehead atoms. The lowest BCUT2D eigenvalue weighted by Crippen LogP contribution is -2.43. The molecule has 1 aliphatic rings.